The van der Waals surface area contributed by atoms with Crippen molar-refractivity contribution < 1.29 is 0 Å². The number of pyridine rings is 1. The van der Waals surface area contributed by atoms with Gasteiger partial charge in [0.2, 0.25) is 0 Å². The standard InChI is InChI=1S/C25H32N6/c1-29-13-15-30(16-14-29)21-8-3-7-20-25(21)28-23(27-20)17-31(19-10-11-19)22-9-2-5-18-6-4-12-26-24(18)22/h3-4,6-8,12,19,22H,2,5,9-11,13-17H2,1H3,(H,27,28)/t22-/m0/s1. The zero-order chi connectivity index (χ0) is 20.8. The highest BCUT2D eigenvalue weighted by atomic mass is 15.3. The number of imidazole rings is 1. The second kappa shape index (κ2) is 7.92. The molecule has 3 heterocycles. The van der Waals surface area contributed by atoms with Crippen LogP contribution in [0.1, 0.15) is 48.8 Å². The lowest BCUT2D eigenvalue weighted by Crippen LogP contribution is -2.44. The molecule has 6 heteroatoms. The van der Waals surface area contributed by atoms with Crippen molar-refractivity contribution in [3.8, 4) is 0 Å². The van der Waals surface area contributed by atoms with Crippen LogP contribution in [0.4, 0.5) is 5.69 Å². The zero-order valence-corrected chi connectivity index (χ0v) is 18.4. The van der Waals surface area contributed by atoms with Gasteiger partial charge in [0.15, 0.2) is 0 Å². The number of H-pyrrole nitrogens is 1. The van der Waals surface area contributed by atoms with Gasteiger partial charge in [-0.05, 0) is 62.9 Å². The van der Waals surface area contributed by atoms with Crippen LogP contribution in [0.3, 0.4) is 0 Å². The minimum absolute atomic E-state index is 0.419. The molecular weight excluding hydrogens is 384 g/mol. The number of piperazine rings is 1. The SMILES string of the molecule is CN1CCN(c2cccc3[nH]c(CN(C4CC4)[C@H]4CCCc5cccnc54)nc23)CC1. The van der Waals surface area contributed by atoms with Gasteiger partial charge < -0.3 is 14.8 Å². The Hall–Kier alpha value is -2.44. The van der Waals surface area contributed by atoms with E-state index in [-0.39, 0.29) is 0 Å². The summed E-state index contributed by atoms with van der Waals surface area (Å²) in [5.74, 6) is 1.09. The topological polar surface area (TPSA) is 51.3 Å². The van der Waals surface area contributed by atoms with Gasteiger partial charge in [-0.3, -0.25) is 9.88 Å². The molecule has 0 amide bonds. The fraction of sp³-hybridized carbons (Fsp3) is 0.520. The summed E-state index contributed by atoms with van der Waals surface area (Å²) in [6.45, 7) is 5.23. The van der Waals surface area contributed by atoms with E-state index in [1.165, 1.54) is 42.6 Å². The lowest BCUT2D eigenvalue weighted by Gasteiger charge is -2.34. The van der Waals surface area contributed by atoms with Gasteiger partial charge in [0.05, 0.1) is 29.5 Å². The number of likely N-dealkylation sites (N-methyl/N-ethyl adjacent to an activating group) is 1. The van der Waals surface area contributed by atoms with Crippen LogP contribution in [0, 0.1) is 0 Å². The first-order valence-corrected chi connectivity index (χ1v) is 11.9. The fourth-order valence-corrected chi connectivity index (χ4v) is 5.43. The third-order valence-corrected chi connectivity index (χ3v) is 7.30. The number of hydrogen-bond acceptors (Lipinski definition) is 5. The third kappa shape index (κ3) is 3.72. The maximum Gasteiger partial charge on any atom is 0.121 e. The number of aryl methyl sites for hydroxylation is 1. The van der Waals surface area contributed by atoms with Crippen molar-refractivity contribution in [1.82, 2.24) is 24.8 Å². The maximum atomic E-state index is 5.13. The summed E-state index contributed by atoms with van der Waals surface area (Å²) in [7, 11) is 2.20. The Balaban J connectivity index is 1.30. The van der Waals surface area contributed by atoms with Crippen LogP contribution in [0.15, 0.2) is 36.5 Å². The monoisotopic (exact) mass is 416 g/mol. The van der Waals surface area contributed by atoms with Crippen molar-refractivity contribution in [3.63, 3.8) is 0 Å². The molecular formula is C25H32N6. The molecule has 0 unspecified atom stereocenters. The molecule has 2 aliphatic carbocycles. The molecule has 1 saturated heterocycles. The highest BCUT2D eigenvalue weighted by Crippen LogP contribution is 2.41. The molecule has 0 spiro atoms. The normalized spacial score (nSPS) is 22.3. The summed E-state index contributed by atoms with van der Waals surface area (Å²) in [5, 5.41) is 0. The van der Waals surface area contributed by atoms with Gasteiger partial charge >= 0.3 is 0 Å². The summed E-state index contributed by atoms with van der Waals surface area (Å²) >= 11 is 0. The molecule has 1 aliphatic heterocycles. The van der Waals surface area contributed by atoms with Crippen LogP contribution in [-0.4, -0.2) is 64.0 Å². The fourth-order valence-electron chi connectivity index (χ4n) is 5.43. The number of aromatic nitrogens is 3. The average molecular weight is 417 g/mol. The predicted octanol–water partition coefficient (Wildman–Crippen LogP) is 3.75. The van der Waals surface area contributed by atoms with E-state index in [4.69, 9.17) is 9.97 Å². The van der Waals surface area contributed by atoms with Crippen molar-refractivity contribution in [1.29, 1.82) is 0 Å². The predicted molar refractivity (Wildman–Crippen MR) is 124 cm³/mol. The van der Waals surface area contributed by atoms with E-state index in [2.05, 4.69) is 57.1 Å². The molecule has 2 fully saturated rings. The maximum absolute atomic E-state index is 5.13. The van der Waals surface area contributed by atoms with Crippen molar-refractivity contribution >= 4 is 16.7 Å². The Bertz CT molecular complexity index is 1060. The summed E-state index contributed by atoms with van der Waals surface area (Å²) in [4.78, 5) is 21.2. The van der Waals surface area contributed by atoms with E-state index in [1.54, 1.807) is 0 Å². The number of nitrogens with one attached hydrogen (secondary N) is 1. The Morgan fingerprint density at radius 3 is 2.77 bits per heavy atom. The van der Waals surface area contributed by atoms with Gasteiger partial charge in [-0.2, -0.15) is 0 Å². The molecule has 3 aliphatic rings. The Kier molecular flexibility index (Phi) is 4.92. The Morgan fingerprint density at radius 1 is 1.06 bits per heavy atom. The highest BCUT2D eigenvalue weighted by molar-refractivity contribution is 5.89. The highest BCUT2D eigenvalue weighted by Gasteiger charge is 2.37. The molecule has 6 rings (SSSR count). The molecule has 0 bridgehead atoms. The van der Waals surface area contributed by atoms with Crippen LogP contribution in [0.25, 0.3) is 11.0 Å². The van der Waals surface area contributed by atoms with Crippen molar-refractivity contribution in [3.05, 3.63) is 53.6 Å². The molecule has 2 aromatic heterocycles. The van der Waals surface area contributed by atoms with Crippen molar-refractivity contribution in [2.75, 3.05) is 38.1 Å². The lowest BCUT2D eigenvalue weighted by molar-refractivity contribution is 0.152. The molecule has 0 radical (unpaired) electrons. The van der Waals surface area contributed by atoms with E-state index in [1.807, 2.05) is 6.20 Å². The van der Waals surface area contributed by atoms with Crippen LogP contribution < -0.4 is 4.90 Å². The molecule has 1 N–H and O–H groups in total. The number of nitrogens with zero attached hydrogens (tertiary/aromatic N) is 5. The number of aromatic amines is 1. The van der Waals surface area contributed by atoms with E-state index in [0.29, 0.717) is 12.1 Å². The molecule has 1 aromatic carbocycles. The van der Waals surface area contributed by atoms with E-state index in [9.17, 15) is 0 Å². The van der Waals surface area contributed by atoms with E-state index in [0.717, 1.165) is 56.0 Å². The second-order valence-corrected chi connectivity index (χ2v) is 9.51. The number of fused-ring (bicyclic) bond motifs is 2. The quantitative estimate of drug-likeness (QED) is 0.687. The second-order valence-electron chi connectivity index (χ2n) is 9.51. The third-order valence-electron chi connectivity index (χ3n) is 7.30. The van der Waals surface area contributed by atoms with Gasteiger partial charge in [-0.1, -0.05) is 12.1 Å². The van der Waals surface area contributed by atoms with Crippen molar-refractivity contribution in [2.45, 2.75) is 50.7 Å². The zero-order valence-electron chi connectivity index (χ0n) is 18.4. The average Bonchev–Trinajstić information content (AvgIpc) is 3.56. The minimum Gasteiger partial charge on any atom is -0.367 e. The summed E-state index contributed by atoms with van der Waals surface area (Å²) in [6, 6.07) is 12.0. The number of benzene rings is 1. The lowest BCUT2D eigenvalue weighted by atomic mass is 9.90. The van der Waals surface area contributed by atoms with Crippen LogP contribution in [0.5, 0.6) is 0 Å². The van der Waals surface area contributed by atoms with Gasteiger partial charge in [0.1, 0.15) is 11.3 Å². The summed E-state index contributed by atoms with van der Waals surface area (Å²) < 4.78 is 0. The number of anilines is 1. The largest absolute Gasteiger partial charge is 0.367 e. The van der Waals surface area contributed by atoms with Gasteiger partial charge in [-0.15, -0.1) is 0 Å². The van der Waals surface area contributed by atoms with Crippen LogP contribution in [-0.2, 0) is 13.0 Å². The van der Waals surface area contributed by atoms with Gasteiger partial charge in [0.25, 0.3) is 0 Å². The molecule has 31 heavy (non-hydrogen) atoms. The molecule has 6 nitrogen and oxygen atoms in total. The Labute approximate surface area is 184 Å². The summed E-state index contributed by atoms with van der Waals surface area (Å²) in [5.41, 5.74) is 6.29. The molecule has 1 atom stereocenters. The van der Waals surface area contributed by atoms with Gasteiger partial charge in [0, 0.05) is 38.4 Å². The van der Waals surface area contributed by atoms with Crippen molar-refractivity contribution in [2.24, 2.45) is 0 Å². The van der Waals surface area contributed by atoms with Gasteiger partial charge in [-0.25, -0.2) is 4.98 Å². The smallest absolute Gasteiger partial charge is 0.121 e. The number of rotatable bonds is 5. The van der Waals surface area contributed by atoms with Crippen LogP contribution >= 0.6 is 0 Å². The Morgan fingerprint density at radius 2 is 1.94 bits per heavy atom. The van der Waals surface area contributed by atoms with E-state index < -0.39 is 0 Å². The van der Waals surface area contributed by atoms with Crippen LogP contribution in [0.2, 0.25) is 0 Å². The molecule has 3 aromatic rings. The number of hydrogen-bond donors (Lipinski definition) is 1. The molecule has 1 saturated carbocycles. The number of para-hydroxylation sites is 1. The first kappa shape index (κ1) is 19.3. The summed E-state index contributed by atoms with van der Waals surface area (Å²) in [6.07, 6.45) is 8.17. The first-order valence-electron chi connectivity index (χ1n) is 11.9. The van der Waals surface area contributed by atoms with E-state index >= 15 is 0 Å². The first-order chi connectivity index (χ1) is 15.3. The minimum atomic E-state index is 0.419. The molecule has 162 valence electrons.